The summed E-state index contributed by atoms with van der Waals surface area (Å²) in [5, 5.41) is 10.0. The molecule has 0 unspecified atom stereocenters. The fourth-order valence-electron chi connectivity index (χ4n) is 1.25. The summed E-state index contributed by atoms with van der Waals surface area (Å²) < 4.78 is 5.93. The number of nitrogens with two attached hydrogens (primary N) is 1. The third-order valence-corrected chi connectivity index (χ3v) is 2.00. The Balaban J connectivity index is 2.04. The summed E-state index contributed by atoms with van der Waals surface area (Å²) in [6.07, 6.45) is 2.61. The van der Waals surface area contributed by atoms with Crippen LogP contribution in [0.5, 0.6) is 0 Å². The van der Waals surface area contributed by atoms with Crippen molar-refractivity contribution in [2.45, 2.75) is 6.54 Å². The number of nitrogens with one attached hydrogen (secondary N) is 1. The van der Waals surface area contributed by atoms with Gasteiger partial charge in [0.15, 0.2) is 5.82 Å². The van der Waals surface area contributed by atoms with Crippen LogP contribution in [-0.2, 0) is 13.6 Å². The van der Waals surface area contributed by atoms with Crippen molar-refractivity contribution in [3.05, 3.63) is 24.1 Å². The van der Waals surface area contributed by atoms with E-state index in [1.54, 1.807) is 7.05 Å². The van der Waals surface area contributed by atoms with Gasteiger partial charge in [-0.3, -0.25) is 9.48 Å². The van der Waals surface area contributed by atoms with Crippen molar-refractivity contribution in [2.75, 3.05) is 5.73 Å². The molecule has 0 atom stereocenters. The molecule has 2 aromatic rings. The topological polar surface area (TPSA) is 112 Å². The van der Waals surface area contributed by atoms with Crippen LogP contribution in [-0.4, -0.2) is 25.8 Å². The van der Waals surface area contributed by atoms with Crippen molar-refractivity contribution in [3.63, 3.8) is 0 Å². The van der Waals surface area contributed by atoms with E-state index in [4.69, 9.17) is 5.73 Å². The first-order chi connectivity index (χ1) is 7.68. The van der Waals surface area contributed by atoms with Crippen LogP contribution in [0.2, 0.25) is 0 Å². The van der Waals surface area contributed by atoms with Gasteiger partial charge in [0.1, 0.15) is 5.69 Å². The average Bonchev–Trinajstić information content (AvgIpc) is 2.86. The molecule has 8 nitrogen and oxygen atoms in total. The predicted molar refractivity (Wildman–Crippen MR) is 53.1 cm³/mol. The molecule has 8 heteroatoms. The van der Waals surface area contributed by atoms with Crippen LogP contribution in [0.15, 0.2) is 17.1 Å². The number of aryl methyl sites for hydroxylation is 1. The lowest BCUT2D eigenvalue weighted by Crippen LogP contribution is -2.26. The van der Waals surface area contributed by atoms with E-state index in [0.29, 0.717) is 17.2 Å². The van der Waals surface area contributed by atoms with Gasteiger partial charge in [-0.25, -0.2) is 0 Å². The molecule has 2 rings (SSSR count). The number of rotatable bonds is 3. The van der Waals surface area contributed by atoms with E-state index >= 15 is 0 Å². The molecule has 84 valence electrons. The molecule has 2 aromatic heterocycles. The number of aromatic nitrogens is 4. The Morgan fingerprint density at radius 3 is 3.06 bits per heavy atom. The van der Waals surface area contributed by atoms with E-state index in [0.717, 1.165) is 0 Å². The molecule has 0 spiro atoms. The van der Waals surface area contributed by atoms with Gasteiger partial charge < -0.3 is 15.6 Å². The second-order valence-corrected chi connectivity index (χ2v) is 3.10. The minimum absolute atomic E-state index is 0.181. The highest BCUT2D eigenvalue weighted by Crippen LogP contribution is 2.08. The Bertz CT molecular complexity index is 469. The number of carbonyl (C=O) groups is 1. The number of hydrogen-bond acceptors (Lipinski definition) is 6. The summed E-state index contributed by atoms with van der Waals surface area (Å²) in [7, 11) is 1.64. The summed E-state index contributed by atoms with van der Waals surface area (Å²) in [6, 6.07) is 0. The molecule has 1 amide bonds. The molecular weight excluding hydrogens is 212 g/mol. The minimum Gasteiger partial charge on any atom is -0.396 e. The first-order valence-corrected chi connectivity index (χ1v) is 4.49. The predicted octanol–water partition coefficient (Wildman–Crippen LogP) is -0.685. The Hall–Kier alpha value is -2.38. The van der Waals surface area contributed by atoms with Crippen LogP contribution < -0.4 is 11.1 Å². The molecule has 0 bridgehead atoms. The normalized spacial score (nSPS) is 10.3. The lowest BCUT2D eigenvalue weighted by atomic mass is 10.3. The molecule has 3 N–H and O–H groups in total. The standard InChI is InChI=1S/C8H10N6O2/c1-14-7(5(9)2-12-14)8(15)10-3-6-11-4-16-13-6/h2,4H,3,9H2,1H3,(H,10,15). The fraction of sp³-hybridized carbons (Fsp3) is 0.250. The van der Waals surface area contributed by atoms with Gasteiger partial charge in [-0.15, -0.1) is 0 Å². The molecule has 0 saturated heterocycles. The van der Waals surface area contributed by atoms with Crippen LogP contribution in [0.3, 0.4) is 0 Å². The highest BCUT2D eigenvalue weighted by Gasteiger charge is 2.14. The molecule has 0 aliphatic carbocycles. The van der Waals surface area contributed by atoms with E-state index in [2.05, 4.69) is 25.1 Å². The van der Waals surface area contributed by atoms with E-state index < -0.39 is 0 Å². The number of hydrogen-bond donors (Lipinski definition) is 2. The summed E-state index contributed by atoms with van der Waals surface area (Å²) in [5.74, 6) is 0.0661. The smallest absolute Gasteiger partial charge is 0.272 e. The van der Waals surface area contributed by atoms with Crippen LogP contribution in [0.25, 0.3) is 0 Å². The van der Waals surface area contributed by atoms with E-state index in [1.807, 2.05) is 0 Å². The summed E-state index contributed by atoms with van der Waals surface area (Å²) >= 11 is 0. The third kappa shape index (κ3) is 1.85. The number of anilines is 1. The second kappa shape index (κ2) is 4.01. The van der Waals surface area contributed by atoms with E-state index in [-0.39, 0.29) is 12.5 Å². The maximum atomic E-state index is 11.7. The summed E-state index contributed by atoms with van der Waals surface area (Å²) in [6.45, 7) is 0.181. The lowest BCUT2D eigenvalue weighted by molar-refractivity contribution is 0.0941. The zero-order valence-electron chi connectivity index (χ0n) is 8.54. The molecule has 0 aromatic carbocycles. The van der Waals surface area contributed by atoms with Gasteiger partial charge in [0, 0.05) is 7.05 Å². The van der Waals surface area contributed by atoms with Crippen LogP contribution in [0.4, 0.5) is 5.69 Å². The average molecular weight is 222 g/mol. The zero-order valence-corrected chi connectivity index (χ0v) is 8.54. The largest absolute Gasteiger partial charge is 0.396 e. The van der Waals surface area contributed by atoms with Crippen molar-refractivity contribution in [1.82, 2.24) is 25.2 Å². The number of carbonyl (C=O) groups excluding carboxylic acids is 1. The Morgan fingerprint density at radius 2 is 2.50 bits per heavy atom. The van der Waals surface area contributed by atoms with Crippen LogP contribution in [0.1, 0.15) is 16.3 Å². The third-order valence-electron chi connectivity index (χ3n) is 2.00. The van der Waals surface area contributed by atoms with Crippen LogP contribution in [0, 0.1) is 0 Å². The molecule has 0 aliphatic rings. The van der Waals surface area contributed by atoms with Crippen molar-refractivity contribution in [2.24, 2.45) is 7.05 Å². The second-order valence-electron chi connectivity index (χ2n) is 3.10. The molecule has 2 heterocycles. The van der Waals surface area contributed by atoms with Crippen molar-refractivity contribution in [1.29, 1.82) is 0 Å². The Morgan fingerprint density at radius 1 is 1.69 bits per heavy atom. The minimum atomic E-state index is -0.331. The van der Waals surface area contributed by atoms with Gasteiger partial charge in [-0.1, -0.05) is 5.16 Å². The first kappa shape index (κ1) is 10.1. The zero-order chi connectivity index (χ0) is 11.5. The molecule has 16 heavy (non-hydrogen) atoms. The maximum Gasteiger partial charge on any atom is 0.272 e. The van der Waals surface area contributed by atoms with Gasteiger partial charge in [0.25, 0.3) is 5.91 Å². The van der Waals surface area contributed by atoms with Gasteiger partial charge in [-0.2, -0.15) is 10.1 Å². The van der Waals surface area contributed by atoms with Gasteiger partial charge >= 0.3 is 0 Å². The summed E-state index contributed by atoms with van der Waals surface area (Å²) in [4.78, 5) is 15.5. The Kier molecular flexibility index (Phi) is 2.54. The van der Waals surface area contributed by atoms with Crippen molar-refractivity contribution >= 4 is 11.6 Å². The first-order valence-electron chi connectivity index (χ1n) is 4.49. The van der Waals surface area contributed by atoms with E-state index in [1.165, 1.54) is 17.3 Å². The highest BCUT2D eigenvalue weighted by atomic mass is 16.5. The Labute approximate surface area is 90.4 Å². The number of amides is 1. The number of nitrogen functional groups attached to an aromatic ring is 1. The van der Waals surface area contributed by atoms with Crippen molar-refractivity contribution < 1.29 is 9.32 Å². The van der Waals surface area contributed by atoms with E-state index in [9.17, 15) is 4.79 Å². The molecular formula is C8H10N6O2. The lowest BCUT2D eigenvalue weighted by Gasteiger charge is -2.03. The van der Waals surface area contributed by atoms with Gasteiger partial charge in [0.2, 0.25) is 6.39 Å². The summed E-state index contributed by atoms with van der Waals surface area (Å²) in [5.41, 5.74) is 6.23. The highest BCUT2D eigenvalue weighted by molar-refractivity contribution is 5.97. The molecule has 0 fully saturated rings. The monoisotopic (exact) mass is 222 g/mol. The number of nitrogens with zero attached hydrogens (tertiary/aromatic N) is 4. The van der Waals surface area contributed by atoms with Crippen molar-refractivity contribution in [3.8, 4) is 0 Å². The van der Waals surface area contributed by atoms with Gasteiger partial charge in [-0.05, 0) is 0 Å². The molecule has 0 aliphatic heterocycles. The van der Waals surface area contributed by atoms with Crippen LogP contribution >= 0.6 is 0 Å². The quantitative estimate of drug-likeness (QED) is 0.711. The fourth-order valence-corrected chi connectivity index (χ4v) is 1.25. The SMILES string of the molecule is Cn1ncc(N)c1C(=O)NCc1ncon1. The maximum absolute atomic E-state index is 11.7. The van der Waals surface area contributed by atoms with Gasteiger partial charge in [0.05, 0.1) is 18.4 Å². The molecule has 0 saturated carbocycles. The molecule has 0 radical (unpaired) electrons.